The van der Waals surface area contributed by atoms with Crippen LogP contribution in [0.25, 0.3) is 0 Å². The second-order valence-corrected chi connectivity index (χ2v) is 4.92. The van der Waals surface area contributed by atoms with Crippen molar-refractivity contribution in [1.82, 2.24) is 0 Å². The molecule has 1 aliphatic rings. The summed E-state index contributed by atoms with van der Waals surface area (Å²) < 4.78 is 25.8. The lowest BCUT2D eigenvalue weighted by Gasteiger charge is -2.46. The summed E-state index contributed by atoms with van der Waals surface area (Å²) in [5.41, 5.74) is 5.50. The van der Waals surface area contributed by atoms with E-state index in [0.717, 1.165) is 4.88 Å². The fourth-order valence-corrected chi connectivity index (χ4v) is 3.08. The molecule has 1 fully saturated rings. The minimum absolute atomic E-state index is 0.193. The number of nitrogens with two attached hydrogens (primary N) is 1. The molecule has 0 aliphatic heterocycles. The maximum Gasteiger partial charge on any atom is 0.250 e. The number of alkyl halides is 2. The van der Waals surface area contributed by atoms with Gasteiger partial charge in [0.05, 0.1) is 5.56 Å². The van der Waals surface area contributed by atoms with Crippen LogP contribution in [0.4, 0.5) is 8.78 Å². The number of hydrogen-bond donors (Lipinski definition) is 1. The van der Waals surface area contributed by atoms with E-state index in [2.05, 4.69) is 0 Å². The van der Waals surface area contributed by atoms with Crippen molar-refractivity contribution in [3.63, 3.8) is 0 Å². The highest BCUT2D eigenvalue weighted by Gasteiger charge is 2.57. The molecule has 1 aliphatic carbocycles. The second-order valence-electron chi connectivity index (χ2n) is 4.01. The molecule has 0 aromatic carbocycles. The summed E-state index contributed by atoms with van der Waals surface area (Å²) >= 11 is 1.35. The van der Waals surface area contributed by atoms with Gasteiger partial charge in [0.2, 0.25) is 5.92 Å². The van der Waals surface area contributed by atoms with Crippen molar-refractivity contribution in [1.29, 1.82) is 5.26 Å². The van der Waals surface area contributed by atoms with Gasteiger partial charge in [-0.3, -0.25) is 0 Å². The zero-order chi connectivity index (χ0) is 11.1. The lowest BCUT2D eigenvalue weighted by atomic mass is 9.65. The van der Waals surface area contributed by atoms with Gasteiger partial charge in [0.1, 0.15) is 6.07 Å². The van der Waals surface area contributed by atoms with Crippen molar-refractivity contribution in [2.24, 2.45) is 5.73 Å². The predicted molar refractivity (Wildman–Crippen MR) is 53.9 cm³/mol. The van der Waals surface area contributed by atoms with Crippen LogP contribution in [0.15, 0.2) is 11.4 Å². The number of nitriles is 1. The van der Waals surface area contributed by atoms with E-state index in [1.165, 1.54) is 11.3 Å². The maximum atomic E-state index is 12.9. The van der Waals surface area contributed by atoms with Gasteiger partial charge in [-0.05, 0) is 6.07 Å². The number of thiophene rings is 1. The quantitative estimate of drug-likeness (QED) is 0.844. The molecule has 2 nitrogen and oxygen atoms in total. The summed E-state index contributed by atoms with van der Waals surface area (Å²) in [5.74, 6) is -2.59. The number of halogens is 2. The van der Waals surface area contributed by atoms with Crippen molar-refractivity contribution in [2.45, 2.75) is 24.2 Å². The first-order valence-electron chi connectivity index (χ1n) is 4.58. The molecule has 0 atom stereocenters. The van der Waals surface area contributed by atoms with Crippen molar-refractivity contribution in [2.75, 3.05) is 6.54 Å². The third-order valence-corrected chi connectivity index (χ3v) is 4.01. The zero-order valence-electron chi connectivity index (χ0n) is 7.96. The third-order valence-electron chi connectivity index (χ3n) is 2.84. The molecule has 0 saturated heterocycles. The van der Waals surface area contributed by atoms with Crippen LogP contribution in [0.5, 0.6) is 0 Å². The standard InChI is InChI=1S/C10H10F2N2S/c11-10(12)4-9(5-10,6-14)8-1-7(2-13)3-15-8/h1,3H,4-6,14H2. The van der Waals surface area contributed by atoms with Crippen LogP contribution < -0.4 is 5.73 Å². The zero-order valence-corrected chi connectivity index (χ0v) is 8.78. The van der Waals surface area contributed by atoms with Gasteiger partial charge >= 0.3 is 0 Å². The Morgan fingerprint density at radius 1 is 1.53 bits per heavy atom. The molecular weight excluding hydrogens is 218 g/mol. The van der Waals surface area contributed by atoms with Crippen LogP contribution in [0.2, 0.25) is 0 Å². The normalized spacial score (nSPS) is 21.7. The number of nitrogens with zero attached hydrogens (tertiary/aromatic N) is 1. The SMILES string of the molecule is N#Cc1csc(C2(CN)CC(F)(F)C2)c1. The molecule has 2 N–H and O–H groups in total. The van der Waals surface area contributed by atoms with Crippen LogP contribution in [0.1, 0.15) is 23.3 Å². The van der Waals surface area contributed by atoms with Gasteiger partial charge in [0.25, 0.3) is 0 Å². The molecule has 1 aromatic heterocycles. The smallest absolute Gasteiger partial charge is 0.250 e. The Morgan fingerprint density at radius 3 is 2.60 bits per heavy atom. The van der Waals surface area contributed by atoms with Crippen molar-refractivity contribution in [3.05, 3.63) is 21.9 Å². The summed E-state index contributed by atoms with van der Waals surface area (Å²) in [4.78, 5) is 0.812. The topological polar surface area (TPSA) is 49.8 Å². The van der Waals surface area contributed by atoms with Crippen LogP contribution in [-0.2, 0) is 5.41 Å². The molecule has 0 bridgehead atoms. The van der Waals surface area contributed by atoms with E-state index in [9.17, 15) is 8.78 Å². The number of rotatable bonds is 2. The molecule has 1 saturated carbocycles. The fraction of sp³-hybridized carbons (Fsp3) is 0.500. The lowest BCUT2D eigenvalue weighted by molar-refractivity contribution is -0.122. The second kappa shape index (κ2) is 3.26. The van der Waals surface area contributed by atoms with E-state index in [1.807, 2.05) is 6.07 Å². The van der Waals surface area contributed by atoms with Crippen LogP contribution in [-0.4, -0.2) is 12.5 Å². The minimum Gasteiger partial charge on any atom is -0.330 e. The molecule has 1 heterocycles. The fourth-order valence-electron chi connectivity index (χ4n) is 2.03. The van der Waals surface area contributed by atoms with Gasteiger partial charge in [-0.2, -0.15) is 5.26 Å². The van der Waals surface area contributed by atoms with Crippen molar-refractivity contribution < 1.29 is 8.78 Å². The molecule has 0 radical (unpaired) electrons. The van der Waals surface area contributed by atoms with E-state index in [4.69, 9.17) is 11.0 Å². The van der Waals surface area contributed by atoms with E-state index >= 15 is 0 Å². The Kier molecular flexibility index (Phi) is 2.28. The monoisotopic (exact) mass is 228 g/mol. The van der Waals surface area contributed by atoms with Gasteiger partial charge < -0.3 is 5.73 Å². The van der Waals surface area contributed by atoms with E-state index in [-0.39, 0.29) is 19.4 Å². The Morgan fingerprint density at radius 2 is 2.20 bits per heavy atom. The average molecular weight is 228 g/mol. The summed E-state index contributed by atoms with van der Waals surface area (Å²) in [7, 11) is 0. The maximum absolute atomic E-state index is 12.9. The molecule has 2 rings (SSSR count). The molecular formula is C10H10F2N2S. The Bertz CT molecular complexity index is 411. The van der Waals surface area contributed by atoms with Gasteiger partial charge in [-0.1, -0.05) is 0 Å². The molecule has 0 amide bonds. The molecule has 5 heteroatoms. The predicted octanol–water partition coefficient (Wildman–Crippen LogP) is 2.25. The lowest BCUT2D eigenvalue weighted by Crippen LogP contribution is -2.53. The summed E-state index contributed by atoms with van der Waals surface area (Å²) in [5, 5.41) is 10.3. The Balaban J connectivity index is 2.26. The first kappa shape index (κ1) is 10.5. The first-order valence-corrected chi connectivity index (χ1v) is 5.46. The summed E-state index contributed by atoms with van der Waals surface area (Å²) in [6, 6.07) is 3.67. The molecule has 1 aromatic rings. The van der Waals surface area contributed by atoms with E-state index in [0.29, 0.717) is 5.56 Å². The van der Waals surface area contributed by atoms with Crippen molar-refractivity contribution in [3.8, 4) is 6.07 Å². The van der Waals surface area contributed by atoms with Gasteiger partial charge in [0, 0.05) is 35.1 Å². The highest BCUT2D eigenvalue weighted by Crippen LogP contribution is 2.54. The van der Waals surface area contributed by atoms with E-state index < -0.39 is 11.3 Å². The van der Waals surface area contributed by atoms with Crippen LogP contribution in [0, 0.1) is 11.3 Å². The van der Waals surface area contributed by atoms with E-state index in [1.54, 1.807) is 11.4 Å². The van der Waals surface area contributed by atoms with Gasteiger partial charge in [0.15, 0.2) is 0 Å². The molecule has 0 unspecified atom stereocenters. The summed E-state index contributed by atoms with van der Waals surface area (Å²) in [6.07, 6.45) is -0.385. The molecule has 0 spiro atoms. The van der Waals surface area contributed by atoms with Crippen LogP contribution >= 0.6 is 11.3 Å². The average Bonchev–Trinajstić information content (AvgIpc) is 2.61. The van der Waals surface area contributed by atoms with Gasteiger partial charge in [-0.15, -0.1) is 11.3 Å². The van der Waals surface area contributed by atoms with Crippen LogP contribution in [0.3, 0.4) is 0 Å². The highest BCUT2D eigenvalue weighted by molar-refractivity contribution is 7.10. The number of hydrogen-bond acceptors (Lipinski definition) is 3. The van der Waals surface area contributed by atoms with Gasteiger partial charge in [-0.25, -0.2) is 8.78 Å². The largest absolute Gasteiger partial charge is 0.330 e. The molecule has 80 valence electrons. The highest BCUT2D eigenvalue weighted by atomic mass is 32.1. The third kappa shape index (κ3) is 1.64. The minimum atomic E-state index is -2.59. The summed E-state index contributed by atoms with van der Waals surface area (Å²) in [6.45, 7) is 0.216. The first-order chi connectivity index (χ1) is 7.01. The Labute approximate surface area is 90.3 Å². The van der Waals surface area contributed by atoms with Crippen molar-refractivity contribution >= 4 is 11.3 Å². The molecule has 15 heavy (non-hydrogen) atoms. The Hall–Kier alpha value is -0.990.